The maximum absolute atomic E-state index is 14.9. The Balaban J connectivity index is 1.13. The highest BCUT2D eigenvalue weighted by Gasteiger charge is 2.67. The van der Waals surface area contributed by atoms with Gasteiger partial charge in [0.05, 0.1) is 19.8 Å². The molecule has 1 heterocycles. The Bertz CT molecular complexity index is 1520. The molecule has 2 aromatic rings. The lowest BCUT2D eigenvalue weighted by molar-refractivity contribution is -0.149. The van der Waals surface area contributed by atoms with Crippen molar-refractivity contribution in [2.24, 2.45) is 5.41 Å². The molecule has 3 amide bonds. The lowest BCUT2D eigenvalue weighted by atomic mass is 10.0. The molecule has 44 heavy (non-hydrogen) atoms. The number of fused-ring (bicyclic) bond motifs is 4. The van der Waals surface area contributed by atoms with Gasteiger partial charge in [0.1, 0.15) is 11.6 Å². The maximum atomic E-state index is 14.9. The van der Waals surface area contributed by atoms with Crippen LogP contribution in [0.15, 0.2) is 54.6 Å². The van der Waals surface area contributed by atoms with Gasteiger partial charge >= 0.3 is 12.1 Å². The third-order valence-electron chi connectivity index (χ3n) is 8.10. The molecule has 10 nitrogen and oxygen atoms in total. The molecule has 1 aliphatic heterocycles. The van der Waals surface area contributed by atoms with Crippen LogP contribution in [0.2, 0.25) is 0 Å². The van der Waals surface area contributed by atoms with Gasteiger partial charge in [0.2, 0.25) is 5.91 Å². The molecule has 3 N–H and O–H groups in total. The topological polar surface area (TPSA) is 134 Å². The minimum Gasteiger partial charge on any atom is -0.480 e. The highest BCUT2D eigenvalue weighted by atomic mass is 19.3. The summed E-state index contributed by atoms with van der Waals surface area (Å²) in [6, 6.07) is 8.64. The van der Waals surface area contributed by atoms with Crippen LogP contribution in [0.4, 0.5) is 13.6 Å². The van der Waals surface area contributed by atoms with E-state index in [-0.39, 0.29) is 54.5 Å². The van der Waals surface area contributed by atoms with E-state index in [0.717, 1.165) is 0 Å². The van der Waals surface area contributed by atoms with Gasteiger partial charge in [0.25, 0.3) is 11.8 Å². The largest absolute Gasteiger partial charge is 0.480 e. The molecule has 1 saturated heterocycles. The normalized spacial score (nSPS) is 22.6. The second-order valence-corrected chi connectivity index (χ2v) is 12.4. The molecule has 2 fully saturated rings. The van der Waals surface area contributed by atoms with Crippen molar-refractivity contribution in [1.29, 1.82) is 0 Å². The van der Waals surface area contributed by atoms with Crippen molar-refractivity contribution in [2.75, 3.05) is 26.3 Å². The number of halogens is 2. The van der Waals surface area contributed by atoms with Gasteiger partial charge in [-0.15, -0.1) is 0 Å². The average Bonchev–Trinajstić information content (AvgIpc) is 3.48. The van der Waals surface area contributed by atoms with E-state index in [1.54, 1.807) is 45.1 Å². The van der Waals surface area contributed by atoms with E-state index in [0.29, 0.717) is 12.0 Å². The number of ether oxygens (including phenoxy) is 2. The molecule has 2 aliphatic carbocycles. The number of hydrogen-bond acceptors (Lipinski definition) is 6. The van der Waals surface area contributed by atoms with Crippen molar-refractivity contribution in [1.82, 2.24) is 15.5 Å². The fraction of sp³-hybridized carbons (Fsp3) is 0.438. The molecular weight excluding hydrogens is 576 g/mol. The first-order valence-corrected chi connectivity index (χ1v) is 14.4. The second-order valence-electron chi connectivity index (χ2n) is 12.4. The van der Waals surface area contributed by atoms with Crippen LogP contribution in [0.25, 0.3) is 11.1 Å². The van der Waals surface area contributed by atoms with Crippen molar-refractivity contribution >= 4 is 23.9 Å². The number of amides is 3. The van der Waals surface area contributed by atoms with E-state index in [4.69, 9.17) is 9.47 Å². The summed E-state index contributed by atoms with van der Waals surface area (Å²) in [5.74, 6) is -5.48. The third-order valence-corrected chi connectivity index (χ3v) is 8.10. The lowest BCUT2D eigenvalue weighted by Crippen LogP contribution is -2.47. The summed E-state index contributed by atoms with van der Waals surface area (Å²) in [7, 11) is 0. The fourth-order valence-electron chi connectivity index (χ4n) is 6.01. The van der Waals surface area contributed by atoms with Crippen LogP contribution in [0.5, 0.6) is 0 Å². The molecule has 5 rings (SSSR count). The number of piperidine rings is 1. The minimum absolute atomic E-state index is 0.115. The van der Waals surface area contributed by atoms with E-state index in [1.807, 2.05) is 0 Å². The number of carbonyl (C=O) groups excluding carboxylic acids is 3. The molecule has 0 spiro atoms. The van der Waals surface area contributed by atoms with Crippen LogP contribution in [0, 0.1) is 5.41 Å². The Morgan fingerprint density at radius 2 is 1.75 bits per heavy atom. The molecule has 3 aliphatic rings. The summed E-state index contributed by atoms with van der Waals surface area (Å²) < 4.78 is 40.6. The van der Waals surface area contributed by atoms with Gasteiger partial charge in [-0.05, 0) is 56.9 Å². The molecule has 0 aromatic heterocycles. The van der Waals surface area contributed by atoms with E-state index < -0.39 is 53.4 Å². The van der Waals surface area contributed by atoms with Gasteiger partial charge in [-0.2, -0.15) is 8.78 Å². The number of carbonyl (C=O) groups is 4. The maximum Gasteiger partial charge on any atom is 0.407 e. The van der Waals surface area contributed by atoms with Gasteiger partial charge in [-0.3, -0.25) is 9.59 Å². The standard InChI is InChI=1S/C32H35F2N3O7/c1-30(2,3)44-29(42)35-12-6-7-13-43-18-31-15-24(28(40)41)37(25(31)16-31)26(38)17-36-27(39)19-10-11-23-21(14-19)20-8-4-5-9-22(20)32(23,33)34/h4-11,14,24-25H,12-13,15-18H2,1-3H3,(H,35,42)(H,36,39)(H,40,41)/b7-6+/t24-,25-,31+/m0/s1. The Labute approximate surface area is 253 Å². The predicted molar refractivity (Wildman–Crippen MR) is 155 cm³/mol. The zero-order valence-corrected chi connectivity index (χ0v) is 24.7. The average molecular weight is 612 g/mol. The summed E-state index contributed by atoms with van der Waals surface area (Å²) in [4.78, 5) is 51.0. The zero-order valence-electron chi connectivity index (χ0n) is 24.7. The molecule has 3 atom stereocenters. The Morgan fingerprint density at radius 3 is 2.48 bits per heavy atom. The van der Waals surface area contributed by atoms with Gasteiger partial charge in [-0.25, -0.2) is 9.59 Å². The van der Waals surface area contributed by atoms with Crippen LogP contribution in [0.3, 0.4) is 0 Å². The van der Waals surface area contributed by atoms with Crippen molar-refractivity contribution < 1.29 is 42.5 Å². The molecule has 12 heteroatoms. The first-order valence-electron chi connectivity index (χ1n) is 14.4. The van der Waals surface area contributed by atoms with Crippen molar-refractivity contribution in [3.63, 3.8) is 0 Å². The van der Waals surface area contributed by atoms with Crippen LogP contribution in [-0.2, 0) is 25.0 Å². The first kappa shape index (κ1) is 31.1. The number of rotatable bonds is 10. The number of carboxylic acids is 1. The molecule has 234 valence electrons. The fourth-order valence-corrected chi connectivity index (χ4v) is 6.01. The van der Waals surface area contributed by atoms with Gasteiger partial charge in [-0.1, -0.05) is 42.5 Å². The van der Waals surface area contributed by atoms with Gasteiger partial charge < -0.3 is 30.1 Å². The quantitative estimate of drug-likeness (QED) is 0.272. The van der Waals surface area contributed by atoms with Crippen molar-refractivity contribution in [3.8, 4) is 11.1 Å². The molecular formula is C32H35F2N3O7. The van der Waals surface area contributed by atoms with E-state index in [9.17, 15) is 33.1 Å². The molecule has 1 saturated carbocycles. The lowest BCUT2D eigenvalue weighted by Gasteiger charge is -2.24. The first-order chi connectivity index (χ1) is 20.7. The molecule has 0 unspecified atom stereocenters. The number of alkyl halides is 2. The summed E-state index contributed by atoms with van der Waals surface area (Å²) in [5.41, 5.74) is -0.669. The summed E-state index contributed by atoms with van der Waals surface area (Å²) >= 11 is 0. The molecule has 0 radical (unpaired) electrons. The number of likely N-dealkylation sites (tertiary alicyclic amines) is 1. The SMILES string of the molecule is CC(C)(C)OC(=O)NC/C=C/COC[C@@]12C[C@@H]1N(C(=O)CNC(=O)c1ccc3c(c1)-c1ccccc1C3(F)F)[C@H](C(=O)O)C2. The van der Waals surface area contributed by atoms with Gasteiger partial charge in [0, 0.05) is 34.7 Å². The summed E-state index contributed by atoms with van der Waals surface area (Å²) in [6.07, 6.45) is 3.72. The van der Waals surface area contributed by atoms with Crippen molar-refractivity contribution in [2.45, 2.75) is 57.2 Å². The Hall–Kier alpha value is -4.32. The Morgan fingerprint density at radius 1 is 1.02 bits per heavy atom. The van der Waals surface area contributed by atoms with Crippen molar-refractivity contribution in [3.05, 3.63) is 71.3 Å². The van der Waals surface area contributed by atoms with Crippen LogP contribution in [0.1, 0.15) is 55.1 Å². The zero-order chi connectivity index (χ0) is 31.9. The van der Waals surface area contributed by atoms with Crippen LogP contribution >= 0.6 is 0 Å². The molecule has 2 aromatic carbocycles. The number of carboxylic acid groups (broad SMARTS) is 1. The van der Waals surface area contributed by atoms with E-state index in [1.165, 1.54) is 35.2 Å². The van der Waals surface area contributed by atoms with Crippen LogP contribution < -0.4 is 10.6 Å². The second kappa shape index (κ2) is 11.6. The smallest absolute Gasteiger partial charge is 0.407 e. The number of hydrogen-bond donors (Lipinski definition) is 3. The highest BCUT2D eigenvalue weighted by Crippen LogP contribution is 2.59. The number of aliphatic carboxylic acids is 1. The van der Waals surface area contributed by atoms with Gasteiger partial charge in [0.15, 0.2) is 0 Å². The number of benzene rings is 2. The third kappa shape index (κ3) is 6.17. The van der Waals surface area contributed by atoms with E-state index >= 15 is 0 Å². The summed E-state index contributed by atoms with van der Waals surface area (Å²) in [6.45, 7) is 5.62. The monoisotopic (exact) mass is 611 g/mol. The number of alkyl carbamates (subject to hydrolysis) is 1. The number of nitrogens with one attached hydrogen (secondary N) is 2. The van der Waals surface area contributed by atoms with Crippen LogP contribution in [-0.4, -0.2) is 77.9 Å². The minimum atomic E-state index is -3.17. The molecule has 0 bridgehead atoms. The predicted octanol–water partition coefficient (Wildman–Crippen LogP) is 4.08. The Kier molecular flexibility index (Phi) is 8.23. The van der Waals surface area contributed by atoms with E-state index in [2.05, 4.69) is 10.6 Å². The number of nitrogens with zero attached hydrogens (tertiary/aromatic N) is 1. The highest BCUT2D eigenvalue weighted by molar-refractivity contribution is 5.99. The summed E-state index contributed by atoms with van der Waals surface area (Å²) in [5, 5.41) is 14.9.